The van der Waals surface area contributed by atoms with Gasteiger partial charge in [0.25, 0.3) is 0 Å². The highest BCUT2D eigenvalue weighted by Gasteiger charge is 2.77. The Hall–Kier alpha value is -4.71. The summed E-state index contributed by atoms with van der Waals surface area (Å²) < 4.78 is 26.9. The van der Waals surface area contributed by atoms with Crippen LogP contribution in [0.15, 0.2) is 115 Å². The van der Waals surface area contributed by atoms with Crippen molar-refractivity contribution in [2.24, 2.45) is 5.41 Å². The van der Waals surface area contributed by atoms with E-state index in [-0.39, 0.29) is 32.2 Å². The number of likely N-dealkylation sites (N-methyl/N-ethyl adjacent to an activating group) is 1. The minimum absolute atomic E-state index is 0.0390. The summed E-state index contributed by atoms with van der Waals surface area (Å²) in [6.45, 7) is 5.01. The van der Waals surface area contributed by atoms with Crippen LogP contribution in [0.5, 0.6) is 0 Å². The standard InChI is InChI=1S/C48H52IN3O10/c1-46(2,3)59-38(54)25-24-35(29-53)50-43(55)36(26-30-14-8-5-9-15-30)51(4)45(57)47-27-37-39-40(61-48(60-39,32-16-10-6-11-17-32)33-18-12-7-13-19-33)42(47)62-52(41(47)44(56)58-37)28-31-20-22-34(49)23-21-31/h5-23,35-37,39-42,53H,24-29H2,1-4H3,(H,50,55). The molecule has 62 heavy (non-hydrogen) atoms. The number of carbonyl (C=O) groups excluding carboxylic acids is 4. The maximum absolute atomic E-state index is 15.8. The lowest BCUT2D eigenvalue weighted by molar-refractivity contribution is -0.214. The van der Waals surface area contributed by atoms with Crippen molar-refractivity contribution >= 4 is 46.3 Å². The number of hydroxylamine groups is 2. The van der Waals surface area contributed by atoms with Gasteiger partial charge in [-0.1, -0.05) is 103 Å². The molecule has 2 amide bonds. The van der Waals surface area contributed by atoms with Crippen LogP contribution in [-0.2, 0) is 61.7 Å². The number of esters is 2. The molecule has 2 bridgehead atoms. The highest BCUT2D eigenvalue weighted by molar-refractivity contribution is 14.1. The lowest BCUT2D eigenvalue weighted by atomic mass is 9.62. The largest absolute Gasteiger partial charge is 0.460 e. The Labute approximate surface area is 375 Å². The summed E-state index contributed by atoms with van der Waals surface area (Å²) in [5.41, 5.74) is 0.782. The van der Waals surface area contributed by atoms with Gasteiger partial charge in [0.2, 0.25) is 17.6 Å². The van der Waals surface area contributed by atoms with E-state index in [9.17, 15) is 19.5 Å². The van der Waals surface area contributed by atoms with Crippen LogP contribution >= 0.6 is 22.6 Å². The van der Waals surface area contributed by atoms with Crippen LogP contribution in [-0.4, -0.2) is 101 Å². The van der Waals surface area contributed by atoms with E-state index in [2.05, 4.69) is 27.9 Å². The molecule has 14 heteroatoms. The average Bonchev–Trinajstić information content (AvgIpc) is 3.84. The maximum atomic E-state index is 15.8. The number of fused-ring (bicyclic) bond motifs is 4. The predicted molar refractivity (Wildman–Crippen MR) is 235 cm³/mol. The van der Waals surface area contributed by atoms with Crippen LogP contribution < -0.4 is 5.32 Å². The highest BCUT2D eigenvalue weighted by atomic mass is 127. The number of aliphatic hydroxyl groups excluding tert-OH is 1. The molecule has 8 atom stereocenters. The summed E-state index contributed by atoms with van der Waals surface area (Å²) in [5.74, 6) is -3.57. The zero-order chi connectivity index (χ0) is 43.8. The van der Waals surface area contributed by atoms with Gasteiger partial charge >= 0.3 is 11.9 Å². The van der Waals surface area contributed by atoms with Gasteiger partial charge in [-0.05, 0) is 73.0 Å². The molecular formula is C48H52IN3O10. The molecule has 1 aliphatic carbocycles. The number of benzene rings is 4. The molecule has 0 spiro atoms. The summed E-state index contributed by atoms with van der Waals surface area (Å²) in [6, 6.07) is 33.0. The zero-order valence-electron chi connectivity index (χ0n) is 35.1. The molecule has 2 N–H and O–H groups in total. The van der Waals surface area contributed by atoms with Gasteiger partial charge in [-0.3, -0.25) is 24.0 Å². The minimum atomic E-state index is -1.59. The third kappa shape index (κ3) is 8.52. The van der Waals surface area contributed by atoms with Crippen LogP contribution in [0.4, 0.5) is 0 Å². The van der Waals surface area contributed by atoms with E-state index in [4.69, 9.17) is 23.8 Å². The SMILES string of the molecule is CN(C(=O)C12CC3OC(=O)C1N(Cc1ccc(I)cc1)OC2C1OC(c2ccccc2)(c2ccccc2)OC31)C(Cc1ccccc1)C(=O)NC(CO)CCC(=O)OC(C)(C)C. The van der Waals surface area contributed by atoms with E-state index in [1.54, 1.807) is 32.9 Å². The van der Waals surface area contributed by atoms with Crippen LogP contribution in [0.3, 0.4) is 0 Å². The summed E-state index contributed by atoms with van der Waals surface area (Å²) in [7, 11) is 1.56. The second-order valence-electron chi connectivity index (χ2n) is 17.5. The molecule has 13 nitrogen and oxygen atoms in total. The van der Waals surface area contributed by atoms with Crippen molar-refractivity contribution in [3.63, 3.8) is 0 Å². The number of nitrogens with one attached hydrogen (secondary N) is 1. The Morgan fingerprint density at radius 3 is 2.08 bits per heavy atom. The van der Waals surface area contributed by atoms with Gasteiger partial charge in [0, 0.05) is 41.0 Å². The molecule has 0 aromatic heterocycles. The Morgan fingerprint density at radius 1 is 0.887 bits per heavy atom. The molecular weight excluding hydrogens is 905 g/mol. The van der Waals surface area contributed by atoms with E-state index in [1.807, 2.05) is 115 Å². The van der Waals surface area contributed by atoms with Gasteiger partial charge in [-0.2, -0.15) is 5.06 Å². The predicted octanol–water partition coefficient (Wildman–Crippen LogP) is 5.45. The van der Waals surface area contributed by atoms with E-state index in [0.717, 1.165) is 14.7 Å². The number of nitrogens with zero attached hydrogens (tertiary/aromatic N) is 2. The zero-order valence-corrected chi connectivity index (χ0v) is 37.3. The number of aliphatic hydroxyl groups is 1. The van der Waals surface area contributed by atoms with Gasteiger partial charge in [0.15, 0.2) is 6.04 Å². The highest BCUT2D eigenvalue weighted by Crippen LogP contribution is 2.59. The average molecular weight is 958 g/mol. The first kappa shape index (κ1) is 43.9. The molecule has 4 aromatic rings. The van der Waals surface area contributed by atoms with Crippen molar-refractivity contribution in [3.8, 4) is 0 Å². The Bertz CT molecular complexity index is 2200. The van der Waals surface area contributed by atoms with Crippen molar-refractivity contribution in [1.29, 1.82) is 0 Å². The fourth-order valence-corrected chi connectivity index (χ4v) is 9.70. The molecule has 3 saturated heterocycles. The third-order valence-corrected chi connectivity index (χ3v) is 12.9. The normalized spacial score (nSPS) is 25.8. The summed E-state index contributed by atoms with van der Waals surface area (Å²) in [4.78, 5) is 65.8. The van der Waals surface area contributed by atoms with Crippen molar-refractivity contribution in [2.45, 2.75) is 107 Å². The van der Waals surface area contributed by atoms with Gasteiger partial charge < -0.3 is 34.3 Å². The Balaban J connectivity index is 1.17. The number of carbonyl (C=O) groups is 4. The monoisotopic (exact) mass is 957 g/mol. The van der Waals surface area contributed by atoms with Crippen molar-refractivity contribution < 1.29 is 48.1 Å². The quantitative estimate of drug-likeness (QED) is 0.123. The molecule has 4 aliphatic rings. The van der Waals surface area contributed by atoms with Crippen molar-refractivity contribution in [3.05, 3.63) is 141 Å². The summed E-state index contributed by atoms with van der Waals surface area (Å²) in [5, 5.41) is 14.8. The number of amides is 2. The van der Waals surface area contributed by atoms with Crippen LogP contribution in [0.2, 0.25) is 0 Å². The molecule has 3 aliphatic heterocycles. The summed E-state index contributed by atoms with van der Waals surface area (Å²) >= 11 is 2.23. The van der Waals surface area contributed by atoms with E-state index >= 15 is 4.79 Å². The Morgan fingerprint density at radius 2 is 1.48 bits per heavy atom. The third-order valence-electron chi connectivity index (χ3n) is 12.2. The molecule has 326 valence electrons. The molecule has 8 rings (SSSR count). The fourth-order valence-electron chi connectivity index (χ4n) is 9.34. The lowest BCUT2D eigenvalue weighted by Gasteiger charge is -2.50. The Kier molecular flexibility index (Phi) is 12.6. The first-order valence-electron chi connectivity index (χ1n) is 21.0. The second kappa shape index (κ2) is 17.8. The number of hydrogen-bond acceptors (Lipinski definition) is 11. The summed E-state index contributed by atoms with van der Waals surface area (Å²) in [6.07, 6.45) is -3.45. The molecule has 3 heterocycles. The van der Waals surface area contributed by atoms with Gasteiger partial charge in [0.05, 0.1) is 19.2 Å². The maximum Gasteiger partial charge on any atom is 0.327 e. The first-order valence-corrected chi connectivity index (χ1v) is 22.1. The van der Waals surface area contributed by atoms with Gasteiger partial charge in [-0.15, -0.1) is 0 Å². The molecule has 4 aromatic carbocycles. The lowest BCUT2D eigenvalue weighted by Crippen LogP contribution is -2.70. The second-order valence-corrected chi connectivity index (χ2v) is 18.7. The van der Waals surface area contributed by atoms with Crippen LogP contribution in [0, 0.1) is 8.99 Å². The number of hydrogen-bond donors (Lipinski definition) is 2. The molecule has 1 saturated carbocycles. The topological polar surface area (TPSA) is 153 Å². The van der Waals surface area contributed by atoms with E-state index < -0.39 is 89.7 Å². The van der Waals surface area contributed by atoms with Crippen LogP contribution in [0.25, 0.3) is 0 Å². The fraction of sp³-hybridized carbons (Fsp3) is 0.417. The van der Waals surface area contributed by atoms with Gasteiger partial charge in [-0.25, -0.2) is 0 Å². The number of ether oxygens (including phenoxy) is 4. The molecule has 8 unspecified atom stereocenters. The molecule has 0 radical (unpaired) electrons. The van der Waals surface area contributed by atoms with Crippen molar-refractivity contribution in [1.82, 2.24) is 15.3 Å². The van der Waals surface area contributed by atoms with Gasteiger partial charge in [0.1, 0.15) is 41.5 Å². The van der Waals surface area contributed by atoms with E-state index in [0.29, 0.717) is 11.1 Å². The van der Waals surface area contributed by atoms with E-state index in [1.165, 1.54) is 4.90 Å². The smallest absolute Gasteiger partial charge is 0.327 e. The van der Waals surface area contributed by atoms with Crippen LogP contribution in [0.1, 0.15) is 62.3 Å². The molecule has 4 fully saturated rings. The first-order chi connectivity index (χ1) is 29.7. The minimum Gasteiger partial charge on any atom is -0.460 e. The number of rotatable bonds is 14. The number of halogens is 1. The van der Waals surface area contributed by atoms with Crippen molar-refractivity contribution in [2.75, 3.05) is 13.7 Å².